The number of rotatable bonds is 10. The van der Waals surface area contributed by atoms with Gasteiger partial charge in [-0.25, -0.2) is 8.42 Å². The number of sulfonamides is 1. The van der Waals surface area contributed by atoms with E-state index in [4.69, 9.17) is 14.2 Å². The van der Waals surface area contributed by atoms with Gasteiger partial charge in [0.1, 0.15) is 16.4 Å². The Morgan fingerprint density at radius 3 is 2.40 bits per heavy atom. The minimum Gasteiger partial charge on any atom is -0.494 e. The molecule has 2 aromatic carbocycles. The largest absolute Gasteiger partial charge is 0.494 e. The summed E-state index contributed by atoms with van der Waals surface area (Å²) in [5.74, 6) is 1.31. The van der Waals surface area contributed by atoms with Crippen LogP contribution >= 0.6 is 0 Å². The van der Waals surface area contributed by atoms with Gasteiger partial charge in [0.05, 0.1) is 38.3 Å². The maximum atomic E-state index is 13.1. The molecule has 3 aromatic rings. The van der Waals surface area contributed by atoms with Gasteiger partial charge in [0.25, 0.3) is 10.0 Å². The fourth-order valence-electron chi connectivity index (χ4n) is 3.62. The molecule has 2 heterocycles. The molecule has 35 heavy (non-hydrogen) atoms. The number of morpholine rings is 1. The van der Waals surface area contributed by atoms with Gasteiger partial charge in [-0.1, -0.05) is 0 Å². The minimum absolute atomic E-state index is 0.0164. The van der Waals surface area contributed by atoms with E-state index >= 15 is 0 Å². The Labute approximate surface area is 205 Å². The second-order valence-corrected chi connectivity index (χ2v) is 9.33. The highest BCUT2D eigenvalue weighted by molar-refractivity contribution is 7.92. The molecule has 0 spiro atoms. The van der Waals surface area contributed by atoms with Crippen molar-refractivity contribution in [3.05, 3.63) is 54.7 Å². The van der Waals surface area contributed by atoms with Crippen molar-refractivity contribution in [2.75, 3.05) is 54.5 Å². The van der Waals surface area contributed by atoms with Crippen molar-refractivity contribution in [1.82, 2.24) is 10.2 Å². The summed E-state index contributed by atoms with van der Waals surface area (Å²) >= 11 is 0. The monoisotopic (exact) mass is 499 g/mol. The molecule has 0 atom stereocenters. The summed E-state index contributed by atoms with van der Waals surface area (Å²) in [5.41, 5.74) is 2.12. The summed E-state index contributed by atoms with van der Waals surface area (Å²) in [6.45, 7) is 7.38. The normalized spacial score (nSPS) is 13.8. The van der Waals surface area contributed by atoms with Gasteiger partial charge in [-0.2, -0.15) is 5.10 Å². The number of nitrogens with one attached hydrogen (secondary N) is 2. The molecular formula is C24H29N5O5S. The summed E-state index contributed by atoms with van der Waals surface area (Å²) in [7, 11) is -3.91. The molecule has 1 aliphatic heterocycles. The zero-order valence-corrected chi connectivity index (χ0v) is 20.5. The Kier molecular flexibility index (Phi) is 7.88. The number of nitrogens with zero attached hydrogens (tertiary/aromatic N) is 3. The lowest BCUT2D eigenvalue weighted by atomic mass is 10.3. The van der Waals surface area contributed by atoms with Crippen LogP contribution in [-0.2, 0) is 14.8 Å². The lowest BCUT2D eigenvalue weighted by Crippen LogP contribution is -2.36. The van der Waals surface area contributed by atoms with Gasteiger partial charge in [0.2, 0.25) is 0 Å². The van der Waals surface area contributed by atoms with Crippen LogP contribution in [0, 0.1) is 0 Å². The van der Waals surface area contributed by atoms with E-state index in [-0.39, 0.29) is 10.6 Å². The first kappa shape index (κ1) is 24.6. The van der Waals surface area contributed by atoms with Crippen molar-refractivity contribution < 1.29 is 22.6 Å². The van der Waals surface area contributed by atoms with E-state index in [0.717, 1.165) is 24.5 Å². The third-order valence-corrected chi connectivity index (χ3v) is 6.64. The van der Waals surface area contributed by atoms with E-state index in [1.807, 2.05) is 13.0 Å². The molecule has 11 heteroatoms. The predicted octanol–water partition coefficient (Wildman–Crippen LogP) is 3.66. The van der Waals surface area contributed by atoms with Crippen LogP contribution in [0.25, 0.3) is 0 Å². The van der Waals surface area contributed by atoms with E-state index < -0.39 is 10.0 Å². The molecule has 1 aliphatic rings. The Morgan fingerprint density at radius 1 is 0.971 bits per heavy atom. The predicted molar refractivity (Wildman–Crippen MR) is 134 cm³/mol. The summed E-state index contributed by atoms with van der Waals surface area (Å²) in [6, 6.07) is 13.6. The van der Waals surface area contributed by atoms with Crippen LogP contribution < -0.4 is 24.4 Å². The number of hydrogen-bond donors (Lipinski definition) is 2. The maximum Gasteiger partial charge on any atom is 0.265 e. The van der Waals surface area contributed by atoms with E-state index in [0.29, 0.717) is 43.7 Å². The average molecular weight is 500 g/mol. The molecule has 1 fully saturated rings. The average Bonchev–Trinajstić information content (AvgIpc) is 2.87. The third kappa shape index (κ3) is 6.31. The molecule has 0 amide bonds. The molecule has 0 radical (unpaired) electrons. The van der Waals surface area contributed by atoms with Crippen LogP contribution in [0.15, 0.2) is 59.6 Å². The van der Waals surface area contributed by atoms with E-state index in [1.54, 1.807) is 49.5 Å². The van der Waals surface area contributed by atoms with E-state index in [2.05, 4.69) is 25.1 Å². The van der Waals surface area contributed by atoms with Crippen molar-refractivity contribution in [2.24, 2.45) is 0 Å². The fraction of sp³-hybridized carbons (Fsp3) is 0.333. The Morgan fingerprint density at radius 2 is 1.69 bits per heavy atom. The quantitative estimate of drug-likeness (QED) is 0.431. The molecule has 10 nitrogen and oxygen atoms in total. The Balaban J connectivity index is 1.47. The highest BCUT2D eigenvalue weighted by Crippen LogP contribution is 2.30. The van der Waals surface area contributed by atoms with Gasteiger partial charge in [0, 0.05) is 36.6 Å². The number of anilines is 4. The van der Waals surface area contributed by atoms with Gasteiger partial charge in [-0.05, 0) is 50.2 Å². The highest BCUT2D eigenvalue weighted by Gasteiger charge is 2.21. The van der Waals surface area contributed by atoms with Crippen LogP contribution in [0.5, 0.6) is 11.5 Å². The molecule has 0 saturated carbocycles. The highest BCUT2D eigenvalue weighted by atomic mass is 32.2. The second kappa shape index (κ2) is 11.2. The number of ether oxygens (including phenoxy) is 3. The molecule has 0 bridgehead atoms. The standard InChI is InChI=1S/C24H29N5O5S/c1-3-33-21-9-10-22(34-4-2)23(16-21)35(30,31)28-19-7-5-18(6-8-19)26-24-15-20(17-25-27-24)29-11-13-32-14-12-29/h5-10,15-17,28H,3-4,11-14H2,1-2H3,(H,26,27). The molecule has 4 rings (SSSR count). The topological polar surface area (TPSA) is 115 Å². The number of hydrogen-bond acceptors (Lipinski definition) is 9. The first-order valence-electron chi connectivity index (χ1n) is 11.4. The van der Waals surface area contributed by atoms with Crippen LogP contribution in [0.3, 0.4) is 0 Å². The van der Waals surface area contributed by atoms with Gasteiger partial charge in [0.15, 0.2) is 5.82 Å². The van der Waals surface area contributed by atoms with Crippen LogP contribution in [-0.4, -0.2) is 58.1 Å². The van der Waals surface area contributed by atoms with Gasteiger partial charge >= 0.3 is 0 Å². The van der Waals surface area contributed by atoms with Crippen molar-refractivity contribution in [3.63, 3.8) is 0 Å². The molecule has 0 unspecified atom stereocenters. The summed E-state index contributed by atoms with van der Waals surface area (Å²) in [4.78, 5) is 2.21. The fourth-order valence-corrected chi connectivity index (χ4v) is 4.84. The number of benzene rings is 2. The van der Waals surface area contributed by atoms with Crippen molar-refractivity contribution in [2.45, 2.75) is 18.7 Å². The van der Waals surface area contributed by atoms with Gasteiger partial charge in [-0.15, -0.1) is 5.10 Å². The molecule has 2 N–H and O–H groups in total. The van der Waals surface area contributed by atoms with Gasteiger partial charge < -0.3 is 24.4 Å². The zero-order valence-electron chi connectivity index (χ0n) is 19.7. The summed E-state index contributed by atoms with van der Waals surface area (Å²) < 4.78 is 45.2. The van der Waals surface area contributed by atoms with Crippen LogP contribution in [0.4, 0.5) is 22.9 Å². The van der Waals surface area contributed by atoms with Gasteiger partial charge in [-0.3, -0.25) is 4.72 Å². The Hall–Kier alpha value is -3.57. The molecule has 0 aliphatic carbocycles. The van der Waals surface area contributed by atoms with Crippen LogP contribution in [0.1, 0.15) is 13.8 Å². The first-order chi connectivity index (χ1) is 17.0. The SMILES string of the molecule is CCOc1ccc(OCC)c(S(=O)(=O)Nc2ccc(Nc3cc(N4CCOCC4)cnn3)cc2)c1. The smallest absolute Gasteiger partial charge is 0.265 e. The molecule has 186 valence electrons. The minimum atomic E-state index is -3.91. The van der Waals surface area contributed by atoms with Crippen molar-refractivity contribution in [3.8, 4) is 11.5 Å². The summed E-state index contributed by atoms with van der Waals surface area (Å²) in [6.07, 6.45) is 1.73. The molecule has 1 saturated heterocycles. The van der Waals surface area contributed by atoms with E-state index in [1.165, 1.54) is 6.07 Å². The van der Waals surface area contributed by atoms with E-state index in [9.17, 15) is 8.42 Å². The molecule has 1 aromatic heterocycles. The lowest BCUT2D eigenvalue weighted by Gasteiger charge is -2.28. The van der Waals surface area contributed by atoms with Crippen LogP contribution in [0.2, 0.25) is 0 Å². The lowest BCUT2D eigenvalue weighted by molar-refractivity contribution is 0.122. The van der Waals surface area contributed by atoms with Crippen molar-refractivity contribution >= 4 is 32.9 Å². The third-order valence-electron chi connectivity index (χ3n) is 5.24. The second-order valence-electron chi connectivity index (χ2n) is 7.68. The number of aromatic nitrogens is 2. The Bertz CT molecular complexity index is 1230. The first-order valence-corrected chi connectivity index (χ1v) is 12.9. The summed E-state index contributed by atoms with van der Waals surface area (Å²) in [5, 5.41) is 11.4. The zero-order chi connectivity index (χ0) is 24.7. The maximum absolute atomic E-state index is 13.1. The molecular weight excluding hydrogens is 470 g/mol. The van der Waals surface area contributed by atoms with Crippen molar-refractivity contribution in [1.29, 1.82) is 0 Å².